The summed E-state index contributed by atoms with van der Waals surface area (Å²) in [4.78, 5) is 0. The number of fused-ring (bicyclic) bond motifs is 5. The topological polar surface area (TPSA) is 0 Å². The Morgan fingerprint density at radius 3 is 1.46 bits per heavy atom. The number of hydrogen-bond acceptors (Lipinski definition) is 0. The molecule has 10 atom stereocenters. The molecule has 0 nitrogen and oxygen atoms in total. The van der Waals surface area contributed by atoms with Crippen molar-refractivity contribution in [3.8, 4) is 0 Å². The van der Waals surface area contributed by atoms with Crippen molar-refractivity contribution < 1.29 is 0 Å². The van der Waals surface area contributed by atoms with Crippen molar-refractivity contribution in [1.29, 1.82) is 0 Å². The van der Waals surface area contributed by atoms with Crippen molar-refractivity contribution >= 4 is 0 Å². The lowest BCUT2D eigenvalue weighted by Gasteiger charge is -2.59. The van der Waals surface area contributed by atoms with Gasteiger partial charge in [0.2, 0.25) is 0 Å². The molecule has 0 aliphatic heterocycles. The SMILES string of the molecule is CCCCCCCCCCCCCCCCCCCCC[CH]C(CCCCCCCCCCC)C(CCCCCCC)[C@H]1CC[C@@]2(C)C(=CC[C@H]3[C@@H]4CC[C@H]([C@H](C)CCCC(C)C)[C@@]4(C)CC[C@@H]32)C1. The van der Waals surface area contributed by atoms with Gasteiger partial charge in [0.15, 0.2) is 0 Å². The predicted molar refractivity (Wildman–Crippen MR) is 311 cm³/mol. The van der Waals surface area contributed by atoms with Gasteiger partial charge >= 0.3 is 0 Å². The Bertz CT molecular complexity index is 1240. The van der Waals surface area contributed by atoms with Crippen molar-refractivity contribution in [3.05, 3.63) is 18.1 Å². The smallest absolute Gasteiger partial charge is 0.00851 e. The molecule has 0 saturated heterocycles. The summed E-state index contributed by atoms with van der Waals surface area (Å²) in [5.74, 6) is 8.35. The minimum atomic E-state index is 0.483. The Kier molecular flexibility index (Phi) is 32.5. The monoisotopic (exact) mass is 958 g/mol. The summed E-state index contributed by atoms with van der Waals surface area (Å²) in [6.45, 7) is 20.2. The van der Waals surface area contributed by atoms with Crippen LogP contribution in [0.4, 0.5) is 0 Å². The van der Waals surface area contributed by atoms with Crippen LogP contribution >= 0.6 is 0 Å². The second-order valence-electron chi connectivity index (χ2n) is 26.8. The van der Waals surface area contributed by atoms with E-state index < -0.39 is 0 Å². The highest BCUT2D eigenvalue weighted by Crippen LogP contribution is 2.68. The van der Waals surface area contributed by atoms with Crippen LogP contribution in [0.15, 0.2) is 11.6 Å². The fourth-order valence-corrected chi connectivity index (χ4v) is 16.6. The van der Waals surface area contributed by atoms with Crippen molar-refractivity contribution in [2.24, 2.45) is 64.1 Å². The lowest BCUT2D eigenvalue weighted by molar-refractivity contribution is -0.0553. The maximum atomic E-state index is 2.98. The molecule has 0 heterocycles. The van der Waals surface area contributed by atoms with Gasteiger partial charge in [-0.3, -0.25) is 0 Å². The van der Waals surface area contributed by atoms with Crippen LogP contribution in [0, 0.1) is 70.5 Å². The zero-order valence-electron chi connectivity index (χ0n) is 49.1. The molecule has 0 aromatic heterocycles. The Hall–Kier alpha value is -0.260. The van der Waals surface area contributed by atoms with Gasteiger partial charge in [-0.05, 0) is 141 Å². The highest BCUT2D eigenvalue weighted by atomic mass is 14.6. The summed E-state index contributed by atoms with van der Waals surface area (Å²) >= 11 is 0. The van der Waals surface area contributed by atoms with Crippen molar-refractivity contribution in [2.45, 2.75) is 357 Å². The van der Waals surface area contributed by atoms with Gasteiger partial charge in [0.1, 0.15) is 0 Å². The number of hydrogen-bond donors (Lipinski definition) is 0. The van der Waals surface area contributed by atoms with E-state index in [-0.39, 0.29) is 0 Å². The second-order valence-corrected chi connectivity index (χ2v) is 26.8. The molecule has 4 aliphatic rings. The van der Waals surface area contributed by atoms with E-state index in [1.807, 2.05) is 5.57 Å². The Morgan fingerprint density at radius 2 is 0.957 bits per heavy atom. The van der Waals surface area contributed by atoms with E-state index in [4.69, 9.17) is 0 Å². The van der Waals surface area contributed by atoms with Crippen molar-refractivity contribution in [3.63, 3.8) is 0 Å². The summed E-state index contributed by atoms with van der Waals surface area (Å²) in [5, 5.41) is 0. The third-order valence-electron chi connectivity index (χ3n) is 21.1. The van der Waals surface area contributed by atoms with Crippen LogP contribution in [0.5, 0.6) is 0 Å². The summed E-state index contributed by atoms with van der Waals surface area (Å²) in [6.07, 6.45) is 75.1. The molecule has 69 heavy (non-hydrogen) atoms. The average molecular weight is 959 g/mol. The molecule has 0 spiro atoms. The summed E-state index contributed by atoms with van der Waals surface area (Å²) in [6, 6.07) is 0. The first kappa shape index (κ1) is 61.3. The summed E-state index contributed by atoms with van der Waals surface area (Å²) < 4.78 is 0. The molecule has 0 aromatic rings. The average Bonchev–Trinajstić information content (AvgIpc) is 3.70. The Labute approximate surface area is 437 Å². The highest BCUT2D eigenvalue weighted by molar-refractivity contribution is 5.25. The van der Waals surface area contributed by atoms with Crippen LogP contribution in [0.3, 0.4) is 0 Å². The summed E-state index contributed by atoms with van der Waals surface area (Å²) in [7, 11) is 0. The van der Waals surface area contributed by atoms with Gasteiger partial charge < -0.3 is 0 Å². The molecular weight excluding hydrogens is 829 g/mol. The molecule has 405 valence electrons. The van der Waals surface area contributed by atoms with Crippen LogP contribution < -0.4 is 0 Å². The van der Waals surface area contributed by atoms with E-state index in [9.17, 15) is 0 Å². The van der Waals surface area contributed by atoms with Crippen molar-refractivity contribution in [2.75, 3.05) is 0 Å². The van der Waals surface area contributed by atoms with Crippen LogP contribution in [-0.2, 0) is 0 Å². The first-order valence-electron chi connectivity index (χ1n) is 33.2. The number of allylic oxidation sites excluding steroid dienone is 2. The normalized spacial score (nSPS) is 27.0. The van der Waals surface area contributed by atoms with Gasteiger partial charge in [-0.25, -0.2) is 0 Å². The molecule has 2 unspecified atom stereocenters. The van der Waals surface area contributed by atoms with E-state index in [1.165, 1.54) is 302 Å². The van der Waals surface area contributed by atoms with Gasteiger partial charge in [0, 0.05) is 0 Å². The van der Waals surface area contributed by atoms with Crippen LogP contribution in [0.2, 0.25) is 0 Å². The second kappa shape index (κ2) is 36.6. The van der Waals surface area contributed by atoms with Gasteiger partial charge in [-0.2, -0.15) is 0 Å². The Balaban J connectivity index is 1.28. The van der Waals surface area contributed by atoms with Crippen LogP contribution in [0.25, 0.3) is 0 Å². The van der Waals surface area contributed by atoms with E-state index in [2.05, 4.69) is 67.9 Å². The minimum absolute atomic E-state index is 0.483. The molecule has 0 heteroatoms. The standard InChI is InChI=1S/C69H129/c1-9-12-15-18-20-22-23-24-25-26-27-28-29-30-31-32-34-36-39-41-47-60(46-40-38-35-33-21-19-16-13-10-2)63(48-42-37-17-14-11-3)61-53-55-68(7)62(57-61)49-50-64-66-52-51-65(59(6)45-43-44-58(4)5)69(66,8)56-54-67(64)68/h47,49,58-61,63-67H,9-46,48,50-57H2,1-8H3/t59-,60?,61+,63?,64+,65-,66+,67+,68+,69-/m1/s1. The van der Waals surface area contributed by atoms with E-state index in [0.29, 0.717) is 10.8 Å². The molecule has 0 amide bonds. The largest absolute Gasteiger partial charge is 0.0845 e. The first-order chi connectivity index (χ1) is 33.7. The molecule has 0 N–H and O–H groups in total. The molecule has 4 aliphatic carbocycles. The van der Waals surface area contributed by atoms with E-state index >= 15 is 0 Å². The third kappa shape index (κ3) is 21.9. The molecule has 1 radical (unpaired) electrons. The lowest BCUT2D eigenvalue weighted by Crippen LogP contribution is -2.50. The van der Waals surface area contributed by atoms with Crippen LogP contribution in [0.1, 0.15) is 357 Å². The Morgan fingerprint density at radius 1 is 0.478 bits per heavy atom. The molecule has 4 rings (SSSR count). The third-order valence-corrected chi connectivity index (χ3v) is 21.1. The fourth-order valence-electron chi connectivity index (χ4n) is 16.6. The molecular formula is C69H129. The zero-order valence-corrected chi connectivity index (χ0v) is 49.1. The number of rotatable bonds is 44. The van der Waals surface area contributed by atoms with E-state index in [0.717, 1.165) is 53.3 Å². The maximum absolute atomic E-state index is 2.98. The predicted octanol–water partition coefficient (Wildman–Crippen LogP) is 24.2. The summed E-state index contributed by atoms with van der Waals surface area (Å²) in [5.41, 5.74) is 3.05. The molecule has 3 fully saturated rings. The fraction of sp³-hybridized carbons (Fsp3) is 0.957. The molecule has 0 bridgehead atoms. The molecule has 3 saturated carbocycles. The highest BCUT2D eigenvalue weighted by Gasteiger charge is 2.59. The van der Waals surface area contributed by atoms with Crippen molar-refractivity contribution in [1.82, 2.24) is 0 Å². The quantitative estimate of drug-likeness (QED) is 0.0422. The van der Waals surface area contributed by atoms with Gasteiger partial charge in [0.05, 0.1) is 0 Å². The molecule has 0 aromatic carbocycles. The zero-order chi connectivity index (χ0) is 49.4. The van der Waals surface area contributed by atoms with Crippen LogP contribution in [-0.4, -0.2) is 0 Å². The van der Waals surface area contributed by atoms with Gasteiger partial charge in [-0.1, -0.05) is 298 Å². The lowest BCUT2D eigenvalue weighted by atomic mass is 9.46. The van der Waals surface area contributed by atoms with E-state index in [1.54, 1.807) is 0 Å². The minimum Gasteiger partial charge on any atom is -0.0845 e. The number of unbranched alkanes of at least 4 members (excludes halogenated alkanes) is 31. The first-order valence-corrected chi connectivity index (χ1v) is 33.2. The maximum Gasteiger partial charge on any atom is -0.00851 e. The van der Waals surface area contributed by atoms with Gasteiger partial charge in [-0.15, -0.1) is 0 Å². The van der Waals surface area contributed by atoms with Gasteiger partial charge in [0.25, 0.3) is 0 Å².